The fourth-order valence-electron chi connectivity index (χ4n) is 2.04. The highest BCUT2D eigenvalue weighted by Gasteiger charge is 2.35. The molecule has 0 aromatic rings. The van der Waals surface area contributed by atoms with Gasteiger partial charge in [-0.15, -0.1) is 0 Å². The molecule has 2 unspecified atom stereocenters. The Kier molecular flexibility index (Phi) is 4.93. The SMILES string of the molecule is CCNC(CN1C(=O)CN(C)C1=O)C(C)CC. The maximum atomic E-state index is 11.8. The van der Waals surface area contributed by atoms with Crippen LogP contribution in [0.5, 0.6) is 0 Å². The summed E-state index contributed by atoms with van der Waals surface area (Å²) in [4.78, 5) is 26.3. The highest BCUT2D eigenvalue weighted by atomic mass is 16.2. The number of likely N-dealkylation sites (N-methyl/N-ethyl adjacent to an activating group) is 2. The van der Waals surface area contributed by atoms with Crippen LogP contribution in [0.3, 0.4) is 0 Å². The molecule has 1 saturated heterocycles. The maximum absolute atomic E-state index is 11.8. The first-order valence-corrected chi connectivity index (χ1v) is 6.30. The second-order valence-electron chi connectivity index (χ2n) is 4.69. The summed E-state index contributed by atoms with van der Waals surface area (Å²) in [7, 11) is 1.66. The van der Waals surface area contributed by atoms with Gasteiger partial charge in [0.1, 0.15) is 6.54 Å². The van der Waals surface area contributed by atoms with Crippen molar-refractivity contribution in [2.24, 2.45) is 5.92 Å². The monoisotopic (exact) mass is 241 g/mol. The van der Waals surface area contributed by atoms with Crippen molar-refractivity contribution in [3.63, 3.8) is 0 Å². The summed E-state index contributed by atoms with van der Waals surface area (Å²) in [5.41, 5.74) is 0. The molecule has 1 fully saturated rings. The molecule has 0 aromatic heterocycles. The Labute approximate surface area is 103 Å². The zero-order chi connectivity index (χ0) is 13.0. The van der Waals surface area contributed by atoms with E-state index in [1.165, 1.54) is 9.80 Å². The standard InChI is InChI=1S/C12H23N3O2/c1-5-9(3)10(13-6-2)7-15-11(16)8-14(4)12(15)17/h9-10,13H,5-8H2,1-4H3. The number of amides is 3. The number of carbonyl (C=O) groups is 2. The molecule has 5 nitrogen and oxygen atoms in total. The Morgan fingerprint density at radius 3 is 2.41 bits per heavy atom. The molecule has 5 heteroatoms. The quantitative estimate of drug-likeness (QED) is 0.703. The molecule has 0 bridgehead atoms. The van der Waals surface area contributed by atoms with Crippen LogP contribution in [-0.4, -0.2) is 54.5 Å². The first-order chi connectivity index (χ1) is 8.01. The van der Waals surface area contributed by atoms with E-state index in [1.54, 1.807) is 7.05 Å². The summed E-state index contributed by atoms with van der Waals surface area (Å²) in [5.74, 6) is 0.352. The predicted molar refractivity (Wildman–Crippen MR) is 66.7 cm³/mol. The molecule has 1 aliphatic heterocycles. The molecule has 0 aliphatic carbocycles. The van der Waals surface area contributed by atoms with Crippen LogP contribution in [0, 0.1) is 5.92 Å². The number of urea groups is 1. The van der Waals surface area contributed by atoms with Gasteiger partial charge in [0, 0.05) is 19.6 Å². The molecule has 0 aromatic carbocycles. The molecule has 17 heavy (non-hydrogen) atoms. The number of nitrogens with zero attached hydrogens (tertiary/aromatic N) is 2. The van der Waals surface area contributed by atoms with Gasteiger partial charge in [0.25, 0.3) is 0 Å². The van der Waals surface area contributed by atoms with Gasteiger partial charge in [0.2, 0.25) is 5.91 Å². The minimum Gasteiger partial charge on any atom is -0.318 e. The number of hydrogen-bond donors (Lipinski definition) is 1. The van der Waals surface area contributed by atoms with Crippen LogP contribution in [-0.2, 0) is 4.79 Å². The van der Waals surface area contributed by atoms with E-state index in [1.807, 2.05) is 6.92 Å². The summed E-state index contributed by atoms with van der Waals surface area (Å²) >= 11 is 0. The molecule has 0 radical (unpaired) electrons. The van der Waals surface area contributed by atoms with Crippen LogP contribution in [0.1, 0.15) is 27.2 Å². The lowest BCUT2D eigenvalue weighted by molar-refractivity contribution is -0.125. The summed E-state index contributed by atoms with van der Waals surface area (Å²) in [6, 6.07) is 0.00519. The lowest BCUT2D eigenvalue weighted by Gasteiger charge is -2.27. The van der Waals surface area contributed by atoms with Crippen LogP contribution < -0.4 is 5.32 Å². The Morgan fingerprint density at radius 1 is 1.35 bits per heavy atom. The van der Waals surface area contributed by atoms with E-state index in [9.17, 15) is 9.59 Å². The molecule has 1 aliphatic rings. The highest BCUT2D eigenvalue weighted by Crippen LogP contribution is 2.14. The van der Waals surface area contributed by atoms with E-state index in [0.29, 0.717) is 12.5 Å². The van der Waals surface area contributed by atoms with Crippen molar-refractivity contribution in [1.29, 1.82) is 0 Å². The van der Waals surface area contributed by atoms with Crippen molar-refractivity contribution in [2.75, 3.05) is 26.7 Å². The number of nitrogens with one attached hydrogen (secondary N) is 1. The molecule has 98 valence electrons. The van der Waals surface area contributed by atoms with Crippen molar-refractivity contribution in [1.82, 2.24) is 15.1 Å². The Morgan fingerprint density at radius 2 is 2.00 bits per heavy atom. The van der Waals surface area contributed by atoms with Crippen molar-refractivity contribution in [3.8, 4) is 0 Å². The third-order valence-corrected chi connectivity index (χ3v) is 3.41. The van der Waals surface area contributed by atoms with Crippen LogP contribution in [0.2, 0.25) is 0 Å². The van der Waals surface area contributed by atoms with Gasteiger partial charge in [-0.3, -0.25) is 9.69 Å². The lowest BCUT2D eigenvalue weighted by Crippen LogP contribution is -2.47. The molecule has 1 rings (SSSR count). The summed E-state index contributed by atoms with van der Waals surface area (Å²) in [6.45, 7) is 7.83. The van der Waals surface area contributed by atoms with E-state index in [0.717, 1.165) is 13.0 Å². The summed E-state index contributed by atoms with van der Waals surface area (Å²) < 4.78 is 0. The number of rotatable bonds is 6. The Bertz CT molecular complexity index is 293. The fourth-order valence-corrected chi connectivity index (χ4v) is 2.04. The van der Waals surface area contributed by atoms with E-state index in [4.69, 9.17) is 0 Å². The molecular weight excluding hydrogens is 218 g/mol. The van der Waals surface area contributed by atoms with Crippen molar-refractivity contribution in [2.45, 2.75) is 33.2 Å². The zero-order valence-corrected chi connectivity index (χ0v) is 11.2. The summed E-state index contributed by atoms with van der Waals surface area (Å²) in [5, 5.41) is 3.35. The first kappa shape index (κ1) is 14.0. The molecule has 1 heterocycles. The second-order valence-corrected chi connectivity index (χ2v) is 4.69. The van der Waals surface area contributed by atoms with Crippen LogP contribution in [0.15, 0.2) is 0 Å². The van der Waals surface area contributed by atoms with Gasteiger partial charge in [0.15, 0.2) is 0 Å². The fraction of sp³-hybridized carbons (Fsp3) is 0.833. The third kappa shape index (κ3) is 3.19. The third-order valence-electron chi connectivity index (χ3n) is 3.41. The van der Waals surface area contributed by atoms with Crippen LogP contribution in [0.25, 0.3) is 0 Å². The topological polar surface area (TPSA) is 52.7 Å². The van der Waals surface area contributed by atoms with E-state index >= 15 is 0 Å². The van der Waals surface area contributed by atoms with Gasteiger partial charge in [-0.1, -0.05) is 27.2 Å². The van der Waals surface area contributed by atoms with Crippen molar-refractivity contribution < 1.29 is 9.59 Å². The van der Waals surface area contributed by atoms with Gasteiger partial charge >= 0.3 is 6.03 Å². The smallest absolute Gasteiger partial charge is 0.318 e. The van der Waals surface area contributed by atoms with Gasteiger partial charge in [-0.2, -0.15) is 0 Å². The van der Waals surface area contributed by atoms with Gasteiger partial charge in [-0.25, -0.2) is 4.79 Å². The minimum absolute atomic E-state index is 0.0938. The molecule has 3 amide bonds. The molecule has 1 N–H and O–H groups in total. The van der Waals surface area contributed by atoms with Gasteiger partial charge in [0.05, 0.1) is 0 Å². The van der Waals surface area contributed by atoms with E-state index in [-0.39, 0.29) is 24.5 Å². The maximum Gasteiger partial charge on any atom is 0.327 e. The van der Waals surface area contributed by atoms with Crippen molar-refractivity contribution >= 4 is 11.9 Å². The Balaban J connectivity index is 2.66. The first-order valence-electron chi connectivity index (χ1n) is 6.30. The zero-order valence-electron chi connectivity index (χ0n) is 11.2. The summed E-state index contributed by atoms with van der Waals surface area (Å²) in [6.07, 6.45) is 1.03. The van der Waals surface area contributed by atoms with Crippen molar-refractivity contribution in [3.05, 3.63) is 0 Å². The van der Waals surface area contributed by atoms with Crippen LogP contribution >= 0.6 is 0 Å². The average molecular weight is 241 g/mol. The number of imide groups is 1. The van der Waals surface area contributed by atoms with Gasteiger partial charge < -0.3 is 10.2 Å². The molecular formula is C12H23N3O2. The highest BCUT2D eigenvalue weighted by molar-refractivity contribution is 6.01. The number of carbonyl (C=O) groups excluding carboxylic acids is 2. The van der Waals surface area contributed by atoms with Crippen LogP contribution in [0.4, 0.5) is 4.79 Å². The number of hydrogen-bond acceptors (Lipinski definition) is 3. The average Bonchev–Trinajstić information content (AvgIpc) is 2.54. The molecule has 0 saturated carbocycles. The van der Waals surface area contributed by atoms with E-state index < -0.39 is 0 Å². The normalized spacial score (nSPS) is 20.0. The largest absolute Gasteiger partial charge is 0.327 e. The van der Waals surface area contributed by atoms with E-state index in [2.05, 4.69) is 19.2 Å². The Hall–Kier alpha value is -1.10. The lowest BCUT2D eigenvalue weighted by atomic mass is 9.98. The van der Waals surface area contributed by atoms with Gasteiger partial charge in [-0.05, 0) is 12.5 Å². The molecule has 0 spiro atoms. The minimum atomic E-state index is -0.179. The predicted octanol–water partition coefficient (Wildman–Crippen LogP) is 0.905. The second kappa shape index (κ2) is 6.00. The molecule has 2 atom stereocenters.